The third-order valence-corrected chi connectivity index (χ3v) is 4.68. The lowest BCUT2D eigenvalue weighted by molar-refractivity contribution is -0.117. The van der Waals surface area contributed by atoms with Crippen molar-refractivity contribution < 1.29 is 19.0 Å². The van der Waals surface area contributed by atoms with Crippen molar-refractivity contribution in [3.8, 4) is 11.5 Å². The Hall–Kier alpha value is -4.27. The average molecular weight is 433 g/mol. The first-order valence-corrected chi connectivity index (χ1v) is 9.79. The lowest BCUT2D eigenvalue weighted by atomic mass is 10.2. The number of aryl methyl sites for hydroxylation is 1. The van der Waals surface area contributed by atoms with Gasteiger partial charge in [-0.05, 0) is 55.5 Å². The maximum atomic E-state index is 13.2. The maximum absolute atomic E-state index is 13.2. The van der Waals surface area contributed by atoms with Gasteiger partial charge in [0, 0.05) is 0 Å². The third kappa shape index (κ3) is 4.56. The average Bonchev–Trinajstić information content (AvgIpc) is 3.10. The van der Waals surface area contributed by atoms with E-state index in [9.17, 15) is 14.3 Å². The van der Waals surface area contributed by atoms with E-state index in [0.29, 0.717) is 17.1 Å². The first kappa shape index (κ1) is 21.0. The largest absolute Gasteiger partial charge is 0.508 e. The number of hydrogen-bond acceptors (Lipinski definition) is 6. The molecule has 0 bridgehead atoms. The van der Waals surface area contributed by atoms with Crippen molar-refractivity contribution in [3.05, 3.63) is 78.4 Å². The van der Waals surface area contributed by atoms with Crippen molar-refractivity contribution in [2.75, 3.05) is 11.9 Å². The molecule has 0 spiro atoms. The second-order valence-electron chi connectivity index (χ2n) is 6.97. The number of aromatic hydroxyl groups is 1. The number of nitrogens with one attached hydrogen (secondary N) is 1. The van der Waals surface area contributed by atoms with Gasteiger partial charge in [-0.2, -0.15) is 10.2 Å². The monoisotopic (exact) mass is 433 g/mol. The van der Waals surface area contributed by atoms with Crippen LogP contribution in [-0.4, -0.2) is 29.8 Å². The molecule has 0 aromatic heterocycles. The number of hydrogen-bond donors (Lipinski definition) is 2. The van der Waals surface area contributed by atoms with Gasteiger partial charge in [0.1, 0.15) is 17.2 Å². The highest BCUT2D eigenvalue weighted by Crippen LogP contribution is 2.31. The smallest absolute Gasteiger partial charge is 0.280 e. The van der Waals surface area contributed by atoms with E-state index < -0.39 is 18.8 Å². The van der Waals surface area contributed by atoms with E-state index in [1.54, 1.807) is 36.4 Å². The van der Waals surface area contributed by atoms with E-state index in [1.807, 2.05) is 31.2 Å². The molecule has 1 aliphatic rings. The summed E-state index contributed by atoms with van der Waals surface area (Å²) in [5.74, 6) is 0.103. The van der Waals surface area contributed by atoms with Crippen molar-refractivity contribution in [1.82, 2.24) is 5.43 Å². The second-order valence-corrected chi connectivity index (χ2v) is 6.97. The minimum Gasteiger partial charge on any atom is -0.508 e. The summed E-state index contributed by atoms with van der Waals surface area (Å²) in [6, 6.07) is 19.1. The predicted octanol–water partition coefficient (Wildman–Crippen LogP) is 4.74. The Kier molecular flexibility index (Phi) is 6.07. The summed E-state index contributed by atoms with van der Waals surface area (Å²) >= 11 is 0. The summed E-state index contributed by atoms with van der Waals surface area (Å²) in [7, 11) is 0. The molecule has 3 aromatic carbocycles. The Labute approximate surface area is 183 Å². The Morgan fingerprint density at radius 1 is 1.03 bits per heavy atom. The Morgan fingerprint density at radius 3 is 2.44 bits per heavy atom. The lowest BCUT2D eigenvalue weighted by Crippen LogP contribution is -2.36. The number of alkyl halides is 1. The number of carbonyl (C=O) groups excluding carboxylic acids is 1. The van der Waals surface area contributed by atoms with E-state index in [0.717, 1.165) is 5.56 Å². The fourth-order valence-electron chi connectivity index (χ4n) is 3.06. The molecule has 32 heavy (non-hydrogen) atoms. The van der Waals surface area contributed by atoms with Crippen molar-refractivity contribution in [2.24, 2.45) is 15.2 Å². The molecule has 0 aliphatic carbocycles. The number of rotatable bonds is 6. The van der Waals surface area contributed by atoms with Crippen molar-refractivity contribution >= 4 is 28.8 Å². The zero-order valence-electron chi connectivity index (χ0n) is 17.1. The van der Waals surface area contributed by atoms with Crippen LogP contribution in [0.4, 0.5) is 21.5 Å². The normalized spacial score (nSPS) is 17.2. The predicted molar refractivity (Wildman–Crippen MR) is 118 cm³/mol. The molecule has 0 saturated carbocycles. The van der Waals surface area contributed by atoms with Gasteiger partial charge < -0.3 is 9.84 Å². The fourth-order valence-corrected chi connectivity index (χ4v) is 3.06. The molecule has 4 rings (SSSR count). The number of benzene rings is 3. The highest BCUT2D eigenvalue weighted by Gasteiger charge is 2.40. The highest BCUT2D eigenvalue weighted by molar-refractivity contribution is 6.20. The third-order valence-electron chi connectivity index (χ3n) is 4.68. The summed E-state index contributed by atoms with van der Waals surface area (Å²) in [5.41, 5.74) is 5.45. The van der Waals surface area contributed by atoms with E-state index in [-0.39, 0.29) is 17.3 Å². The zero-order chi connectivity index (χ0) is 22.5. The Bertz CT molecular complexity index is 1160. The van der Waals surface area contributed by atoms with E-state index in [4.69, 9.17) is 4.74 Å². The number of halogens is 1. The molecule has 1 unspecified atom stereocenters. The number of phenols is 1. The quantitative estimate of drug-likeness (QED) is 0.549. The van der Waals surface area contributed by atoms with Gasteiger partial charge in [0.15, 0.2) is 5.84 Å². The number of para-hydroxylation sites is 2. The van der Waals surface area contributed by atoms with Gasteiger partial charge in [-0.15, -0.1) is 0 Å². The van der Waals surface area contributed by atoms with Crippen LogP contribution >= 0.6 is 0 Å². The van der Waals surface area contributed by atoms with Gasteiger partial charge in [0.2, 0.25) is 12.9 Å². The summed E-state index contributed by atoms with van der Waals surface area (Å²) in [6.07, 6.45) is 0. The molecule has 2 N–H and O–H groups in total. The van der Waals surface area contributed by atoms with Crippen LogP contribution in [0.3, 0.4) is 0 Å². The number of aliphatic imine (C=N–C) groups is 1. The summed E-state index contributed by atoms with van der Waals surface area (Å²) in [5, 5.41) is 19.0. The van der Waals surface area contributed by atoms with E-state index >= 15 is 0 Å². The van der Waals surface area contributed by atoms with Crippen molar-refractivity contribution in [1.29, 1.82) is 0 Å². The van der Waals surface area contributed by atoms with Gasteiger partial charge in [0.05, 0.1) is 11.4 Å². The molecule has 1 amide bonds. The molecule has 8 nitrogen and oxygen atoms in total. The number of anilines is 1. The number of phenolic OH excluding ortho intramolecular Hbond substituents is 1. The molecule has 0 radical (unpaired) electrons. The molecular formula is C23H20FN5O3. The van der Waals surface area contributed by atoms with Crippen molar-refractivity contribution in [2.45, 2.75) is 13.0 Å². The van der Waals surface area contributed by atoms with Gasteiger partial charge in [-0.1, -0.05) is 29.8 Å². The number of carbonyl (C=O) groups is 1. The van der Waals surface area contributed by atoms with Crippen LogP contribution in [-0.2, 0) is 4.79 Å². The summed E-state index contributed by atoms with van der Waals surface area (Å²) in [4.78, 5) is 17.8. The summed E-state index contributed by atoms with van der Waals surface area (Å²) in [6.45, 7) is 0.930. The minimum absolute atomic E-state index is 0.0971. The van der Waals surface area contributed by atoms with Crippen LogP contribution in [0.15, 0.2) is 88.0 Å². The highest BCUT2D eigenvalue weighted by atomic mass is 19.1. The molecule has 1 fully saturated rings. The minimum atomic E-state index is -1.05. The second kappa shape index (κ2) is 9.25. The number of hydrazine groups is 1. The number of amidine groups is 1. The van der Waals surface area contributed by atoms with Crippen LogP contribution in [0.5, 0.6) is 11.5 Å². The Morgan fingerprint density at radius 2 is 1.72 bits per heavy atom. The Balaban J connectivity index is 1.71. The number of ether oxygens (including phenoxy) is 1. The SMILES string of the molecule is Cc1ccc(N=C2NN(c3ccccc3OCF)C(=O)C2N=Nc2ccc(O)cc2)cc1. The molecule has 1 heterocycles. The fraction of sp³-hybridized carbons (Fsp3) is 0.130. The van der Waals surface area contributed by atoms with E-state index in [2.05, 4.69) is 20.6 Å². The van der Waals surface area contributed by atoms with Gasteiger partial charge >= 0.3 is 0 Å². The molecule has 1 saturated heterocycles. The maximum Gasteiger partial charge on any atom is 0.280 e. The van der Waals surface area contributed by atoms with Crippen LogP contribution in [0.1, 0.15) is 5.56 Å². The first-order valence-electron chi connectivity index (χ1n) is 9.79. The molecule has 9 heteroatoms. The zero-order valence-corrected chi connectivity index (χ0v) is 17.1. The molecule has 1 aliphatic heterocycles. The number of amides is 1. The molecule has 3 aromatic rings. The molecule has 162 valence electrons. The number of azo groups is 1. The van der Waals surface area contributed by atoms with Crippen molar-refractivity contribution in [3.63, 3.8) is 0 Å². The number of nitrogens with zero attached hydrogens (tertiary/aromatic N) is 4. The van der Waals surface area contributed by atoms with Gasteiger partial charge in [-0.25, -0.2) is 14.4 Å². The van der Waals surface area contributed by atoms with E-state index in [1.165, 1.54) is 17.1 Å². The molecule has 1 atom stereocenters. The standard InChI is InChI=1S/C23H20FN5O3/c1-15-6-8-16(9-7-15)25-22-21(27-26-17-10-12-18(30)13-11-17)23(31)29(28-22)19-4-2-3-5-20(19)32-14-24/h2-13,21,30H,14H2,1H3,(H,25,28). The first-order chi connectivity index (χ1) is 15.5. The van der Waals surface area contributed by atoms with Crippen LogP contribution < -0.4 is 15.2 Å². The van der Waals surface area contributed by atoms with Crippen LogP contribution in [0.2, 0.25) is 0 Å². The van der Waals surface area contributed by atoms with Gasteiger partial charge in [-0.3, -0.25) is 10.2 Å². The van der Waals surface area contributed by atoms with Crippen LogP contribution in [0, 0.1) is 6.92 Å². The topological polar surface area (TPSA) is 98.9 Å². The summed E-state index contributed by atoms with van der Waals surface area (Å²) < 4.78 is 17.9. The molecular weight excluding hydrogens is 413 g/mol. The lowest BCUT2D eigenvalue weighted by Gasteiger charge is -2.18. The van der Waals surface area contributed by atoms with Gasteiger partial charge in [0.25, 0.3) is 5.91 Å². The van der Waals surface area contributed by atoms with Crippen LogP contribution in [0.25, 0.3) is 0 Å².